The van der Waals surface area contributed by atoms with Crippen LogP contribution in [0.3, 0.4) is 0 Å². The highest BCUT2D eigenvalue weighted by atomic mass is 79.9. The SMILES string of the molecule is CCN(C(=O)c1cccc(Br)c1)C(C)c1ccc(C#N)cc1. The van der Waals surface area contributed by atoms with Crippen molar-refractivity contribution in [3.05, 3.63) is 69.7 Å². The minimum atomic E-state index is -0.0516. The zero-order chi connectivity index (χ0) is 16.1. The number of nitrogens with zero attached hydrogens (tertiary/aromatic N) is 2. The Bertz CT molecular complexity index is 704. The largest absolute Gasteiger partial charge is 0.332 e. The van der Waals surface area contributed by atoms with Gasteiger partial charge >= 0.3 is 0 Å². The number of halogens is 1. The highest BCUT2D eigenvalue weighted by Crippen LogP contribution is 2.23. The van der Waals surface area contributed by atoms with E-state index in [2.05, 4.69) is 22.0 Å². The molecular weight excluding hydrogens is 340 g/mol. The summed E-state index contributed by atoms with van der Waals surface area (Å²) < 4.78 is 0.889. The minimum absolute atomic E-state index is 0.000611. The highest BCUT2D eigenvalue weighted by molar-refractivity contribution is 9.10. The van der Waals surface area contributed by atoms with E-state index in [0.29, 0.717) is 17.7 Å². The zero-order valence-electron chi connectivity index (χ0n) is 12.6. The molecule has 1 amide bonds. The van der Waals surface area contributed by atoms with Crippen molar-refractivity contribution in [3.63, 3.8) is 0 Å². The Morgan fingerprint density at radius 2 is 1.95 bits per heavy atom. The summed E-state index contributed by atoms with van der Waals surface area (Å²) in [6, 6.07) is 16.8. The van der Waals surface area contributed by atoms with Crippen LogP contribution in [0.15, 0.2) is 53.0 Å². The molecular formula is C18H17BrN2O. The van der Waals surface area contributed by atoms with Crippen LogP contribution in [0.1, 0.15) is 41.4 Å². The van der Waals surface area contributed by atoms with Gasteiger partial charge in [-0.2, -0.15) is 5.26 Å². The molecule has 0 fully saturated rings. The molecule has 2 aromatic rings. The number of hydrogen-bond donors (Lipinski definition) is 0. The molecule has 0 aliphatic carbocycles. The second kappa shape index (κ2) is 7.24. The van der Waals surface area contributed by atoms with Gasteiger partial charge in [0.1, 0.15) is 0 Å². The lowest BCUT2D eigenvalue weighted by Crippen LogP contribution is -2.33. The molecule has 2 rings (SSSR count). The third-order valence-electron chi connectivity index (χ3n) is 3.66. The van der Waals surface area contributed by atoms with E-state index in [1.807, 2.05) is 55.1 Å². The number of carbonyl (C=O) groups is 1. The normalized spacial score (nSPS) is 11.5. The first-order chi connectivity index (χ1) is 10.6. The summed E-state index contributed by atoms with van der Waals surface area (Å²) >= 11 is 3.40. The van der Waals surface area contributed by atoms with Crippen molar-refractivity contribution in [1.82, 2.24) is 4.90 Å². The van der Waals surface area contributed by atoms with Crippen molar-refractivity contribution in [2.24, 2.45) is 0 Å². The third kappa shape index (κ3) is 3.55. The van der Waals surface area contributed by atoms with E-state index in [1.54, 1.807) is 12.1 Å². The van der Waals surface area contributed by atoms with Crippen molar-refractivity contribution in [1.29, 1.82) is 5.26 Å². The molecule has 0 aliphatic heterocycles. The van der Waals surface area contributed by atoms with E-state index in [-0.39, 0.29) is 11.9 Å². The second-order valence-corrected chi connectivity index (χ2v) is 5.93. The quantitative estimate of drug-likeness (QED) is 0.806. The standard InChI is InChI=1S/C18H17BrN2O/c1-3-21(18(22)16-5-4-6-17(19)11-16)13(2)15-9-7-14(12-20)8-10-15/h4-11,13H,3H2,1-2H3. The molecule has 1 unspecified atom stereocenters. The Labute approximate surface area is 139 Å². The Hall–Kier alpha value is -2.12. The lowest BCUT2D eigenvalue weighted by molar-refractivity contribution is 0.0702. The van der Waals surface area contributed by atoms with E-state index in [4.69, 9.17) is 5.26 Å². The highest BCUT2D eigenvalue weighted by Gasteiger charge is 2.21. The Morgan fingerprint density at radius 3 is 2.50 bits per heavy atom. The van der Waals surface area contributed by atoms with Crippen LogP contribution in [0.2, 0.25) is 0 Å². The molecule has 0 bridgehead atoms. The molecule has 3 nitrogen and oxygen atoms in total. The fourth-order valence-corrected chi connectivity index (χ4v) is 2.80. The molecule has 0 spiro atoms. The average Bonchev–Trinajstić information content (AvgIpc) is 2.55. The van der Waals surface area contributed by atoms with Crippen LogP contribution < -0.4 is 0 Å². The maximum Gasteiger partial charge on any atom is 0.254 e. The van der Waals surface area contributed by atoms with Gasteiger partial charge in [0.15, 0.2) is 0 Å². The monoisotopic (exact) mass is 356 g/mol. The van der Waals surface area contributed by atoms with E-state index in [9.17, 15) is 4.79 Å². The predicted molar refractivity (Wildman–Crippen MR) is 90.4 cm³/mol. The van der Waals surface area contributed by atoms with Crippen molar-refractivity contribution >= 4 is 21.8 Å². The van der Waals surface area contributed by atoms with E-state index in [0.717, 1.165) is 10.0 Å². The van der Waals surface area contributed by atoms with Gasteiger partial charge in [-0.25, -0.2) is 0 Å². The summed E-state index contributed by atoms with van der Waals surface area (Å²) in [5, 5.41) is 8.87. The van der Waals surface area contributed by atoms with Gasteiger partial charge in [-0.1, -0.05) is 34.1 Å². The molecule has 0 aliphatic rings. The van der Waals surface area contributed by atoms with Crippen LogP contribution in [0.4, 0.5) is 0 Å². The van der Waals surface area contributed by atoms with Crippen LogP contribution in [0.25, 0.3) is 0 Å². The number of nitriles is 1. The van der Waals surface area contributed by atoms with Crippen LogP contribution >= 0.6 is 15.9 Å². The molecule has 22 heavy (non-hydrogen) atoms. The number of carbonyl (C=O) groups excluding carboxylic acids is 1. The van der Waals surface area contributed by atoms with Gasteiger partial charge < -0.3 is 4.90 Å². The molecule has 2 aromatic carbocycles. The maximum atomic E-state index is 12.7. The number of amides is 1. The summed E-state index contributed by atoms with van der Waals surface area (Å²) in [5.41, 5.74) is 2.30. The van der Waals surface area contributed by atoms with Gasteiger partial charge in [0.05, 0.1) is 17.7 Å². The van der Waals surface area contributed by atoms with Gasteiger partial charge in [-0.3, -0.25) is 4.79 Å². The van der Waals surface area contributed by atoms with Crippen LogP contribution in [0, 0.1) is 11.3 Å². The third-order valence-corrected chi connectivity index (χ3v) is 4.16. The predicted octanol–water partition coefficient (Wildman–Crippen LogP) is 4.54. The zero-order valence-corrected chi connectivity index (χ0v) is 14.2. The molecule has 112 valence electrons. The summed E-state index contributed by atoms with van der Waals surface area (Å²) in [4.78, 5) is 14.5. The minimum Gasteiger partial charge on any atom is -0.332 e. The summed E-state index contributed by atoms with van der Waals surface area (Å²) in [7, 11) is 0. The number of hydrogen-bond acceptors (Lipinski definition) is 2. The van der Waals surface area contributed by atoms with E-state index < -0.39 is 0 Å². The Balaban J connectivity index is 2.26. The van der Waals surface area contributed by atoms with Crippen molar-refractivity contribution in [2.75, 3.05) is 6.54 Å². The number of benzene rings is 2. The smallest absolute Gasteiger partial charge is 0.254 e. The maximum absolute atomic E-state index is 12.7. The fourth-order valence-electron chi connectivity index (χ4n) is 2.40. The molecule has 0 saturated carbocycles. The van der Waals surface area contributed by atoms with Gasteiger partial charge in [-0.15, -0.1) is 0 Å². The molecule has 0 aromatic heterocycles. The summed E-state index contributed by atoms with van der Waals surface area (Å²) in [5.74, 6) is 0.000611. The lowest BCUT2D eigenvalue weighted by Gasteiger charge is -2.28. The van der Waals surface area contributed by atoms with Gasteiger partial charge in [0.2, 0.25) is 0 Å². The first-order valence-corrected chi connectivity index (χ1v) is 7.92. The van der Waals surface area contributed by atoms with E-state index in [1.165, 1.54) is 0 Å². The molecule has 0 saturated heterocycles. The molecule has 1 atom stereocenters. The fraction of sp³-hybridized carbons (Fsp3) is 0.222. The molecule has 0 N–H and O–H groups in total. The first-order valence-electron chi connectivity index (χ1n) is 7.13. The van der Waals surface area contributed by atoms with E-state index >= 15 is 0 Å². The van der Waals surface area contributed by atoms with Crippen molar-refractivity contribution in [3.8, 4) is 6.07 Å². The van der Waals surface area contributed by atoms with Crippen LogP contribution in [-0.2, 0) is 0 Å². The summed E-state index contributed by atoms with van der Waals surface area (Å²) in [6.07, 6.45) is 0. The Morgan fingerprint density at radius 1 is 1.27 bits per heavy atom. The summed E-state index contributed by atoms with van der Waals surface area (Å²) in [6.45, 7) is 4.59. The average molecular weight is 357 g/mol. The van der Waals surface area contributed by atoms with Crippen LogP contribution in [-0.4, -0.2) is 17.4 Å². The lowest BCUT2D eigenvalue weighted by atomic mass is 10.0. The van der Waals surface area contributed by atoms with Crippen molar-refractivity contribution < 1.29 is 4.79 Å². The second-order valence-electron chi connectivity index (χ2n) is 5.01. The number of rotatable bonds is 4. The molecule has 0 radical (unpaired) electrons. The molecule has 4 heteroatoms. The molecule has 0 heterocycles. The Kier molecular flexibility index (Phi) is 5.35. The van der Waals surface area contributed by atoms with Crippen molar-refractivity contribution in [2.45, 2.75) is 19.9 Å². The van der Waals surface area contributed by atoms with Gasteiger partial charge in [0.25, 0.3) is 5.91 Å². The first kappa shape index (κ1) is 16.3. The van der Waals surface area contributed by atoms with Crippen LogP contribution in [0.5, 0.6) is 0 Å². The van der Waals surface area contributed by atoms with Gasteiger partial charge in [-0.05, 0) is 49.7 Å². The van der Waals surface area contributed by atoms with Gasteiger partial charge in [0, 0.05) is 16.6 Å². The topological polar surface area (TPSA) is 44.1 Å².